The van der Waals surface area contributed by atoms with Crippen molar-refractivity contribution in [3.05, 3.63) is 59.9 Å². The van der Waals surface area contributed by atoms with Crippen LogP contribution in [0.1, 0.15) is 12.5 Å². The van der Waals surface area contributed by atoms with Gasteiger partial charge in [0.2, 0.25) is 0 Å². The number of hydrogen-bond donors (Lipinski definition) is 1. The number of rotatable bonds is 3. The minimum atomic E-state index is -1.14. The van der Waals surface area contributed by atoms with Gasteiger partial charge in [-0.2, -0.15) is 0 Å². The van der Waals surface area contributed by atoms with E-state index in [1.807, 2.05) is 30.3 Å². The highest BCUT2D eigenvalue weighted by molar-refractivity contribution is 5.73. The van der Waals surface area contributed by atoms with Crippen LogP contribution in [-0.2, 0) is 6.42 Å². The smallest absolute Gasteiger partial charge is 0.315 e. The van der Waals surface area contributed by atoms with Crippen molar-refractivity contribution in [3.63, 3.8) is 0 Å². The van der Waals surface area contributed by atoms with Crippen molar-refractivity contribution < 1.29 is 13.6 Å². The van der Waals surface area contributed by atoms with E-state index < -0.39 is 18.2 Å². The summed E-state index contributed by atoms with van der Waals surface area (Å²) in [5, 5.41) is 0. The third-order valence-electron chi connectivity index (χ3n) is 4.82. The molecule has 0 aliphatic carbocycles. The maximum Gasteiger partial charge on any atom is 0.315 e. The van der Waals surface area contributed by atoms with Crippen LogP contribution in [0.25, 0.3) is 11.1 Å². The minimum Gasteiger partial charge on any atom is -0.351 e. The molecular formula is C19H20F2N2O. The summed E-state index contributed by atoms with van der Waals surface area (Å²) in [6.45, 7) is 1.71. The molecule has 3 rings (SSSR count). The number of nitrogens with two attached hydrogens (primary N) is 1. The zero-order valence-electron chi connectivity index (χ0n) is 13.5. The first kappa shape index (κ1) is 16.4. The quantitative estimate of drug-likeness (QED) is 0.915. The van der Waals surface area contributed by atoms with Gasteiger partial charge in [0.15, 0.2) is 0 Å². The summed E-state index contributed by atoms with van der Waals surface area (Å²) in [4.78, 5) is 12.9. The number of benzene rings is 2. The topological polar surface area (TPSA) is 46.3 Å². The number of hydrogen-bond acceptors (Lipinski definition) is 1. The molecule has 0 radical (unpaired) electrons. The molecular weight excluding hydrogens is 310 g/mol. The number of alkyl halides is 1. The lowest BCUT2D eigenvalue weighted by Gasteiger charge is -2.25. The summed E-state index contributed by atoms with van der Waals surface area (Å²) in [5.74, 6) is -0.708. The fraction of sp³-hybridized carbons (Fsp3) is 0.316. The highest BCUT2D eigenvalue weighted by Crippen LogP contribution is 2.32. The molecule has 3 nitrogen and oxygen atoms in total. The van der Waals surface area contributed by atoms with Gasteiger partial charge in [0.1, 0.15) is 12.0 Å². The molecule has 0 spiro atoms. The van der Waals surface area contributed by atoms with E-state index in [9.17, 15) is 13.6 Å². The van der Waals surface area contributed by atoms with Crippen LogP contribution >= 0.6 is 0 Å². The second-order valence-electron chi connectivity index (χ2n) is 6.28. The van der Waals surface area contributed by atoms with Gasteiger partial charge in [0, 0.05) is 17.5 Å². The SMILES string of the molecule is C[C@H]1[C@@H](F)CN(C(N)=O)[C@H]1Cc1cccc(-c2ccccc2)c1F. The van der Waals surface area contributed by atoms with Gasteiger partial charge >= 0.3 is 6.03 Å². The second-order valence-corrected chi connectivity index (χ2v) is 6.28. The van der Waals surface area contributed by atoms with Gasteiger partial charge in [-0.05, 0) is 17.5 Å². The van der Waals surface area contributed by atoms with Gasteiger partial charge in [-0.25, -0.2) is 13.6 Å². The molecule has 1 fully saturated rings. The Morgan fingerprint density at radius 3 is 2.58 bits per heavy atom. The number of primary amides is 1. The minimum absolute atomic E-state index is 0.0266. The lowest BCUT2D eigenvalue weighted by Crippen LogP contribution is -2.42. The van der Waals surface area contributed by atoms with Crippen molar-refractivity contribution in [3.8, 4) is 11.1 Å². The maximum atomic E-state index is 14.9. The number of likely N-dealkylation sites (tertiary alicyclic amines) is 1. The highest BCUT2D eigenvalue weighted by Gasteiger charge is 2.41. The number of carbonyl (C=O) groups is 1. The molecule has 1 aliphatic rings. The van der Waals surface area contributed by atoms with E-state index in [1.54, 1.807) is 25.1 Å². The molecule has 0 aromatic heterocycles. The Kier molecular flexibility index (Phi) is 4.51. The summed E-state index contributed by atoms with van der Waals surface area (Å²) >= 11 is 0. The molecule has 3 atom stereocenters. The van der Waals surface area contributed by atoms with E-state index in [1.165, 1.54) is 4.90 Å². The van der Waals surface area contributed by atoms with Crippen LogP contribution in [0, 0.1) is 11.7 Å². The summed E-state index contributed by atoms with van der Waals surface area (Å²) < 4.78 is 28.9. The molecule has 0 bridgehead atoms. The van der Waals surface area contributed by atoms with E-state index in [0.29, 0.717) is 11.1 Å². The molecule has 1 aliphatic heterocycles. The Morgan fingerprint density at radius 2 is 1.92 bits per heavy atom. The molecule has 1 saturated heterocycles. The molecule has 1 heterocycles. The van der Waals surface area contributed by atoms with Crippen molar-refractivity contribution in [1.29, 1.82) is 0 Å². The van der Waals surface area contributed by atoms with Gasteiger partial charge in [-0.15, -0.1) is 0 Å². The Hall–Kier alpha value is -2.43. The molecule has 24 heavy (non-hydrogen) atoms. The first-order valence-corrected chi connectivity index (χ1v) is 8.02. The molecule has 2 aromatic carbocycles. The predicted molar refractivity (Wildman–Crippen MR) is 89.7 cm³/mol. The normalized spacial score (nSPS) is 23.5. The van der Waals surface area contributed by atoms with Crippen molar-refractivity contribution in [2.45, 2.75) is 25.6 Å². The van der Waals surface area contributed by atoms with Crippen molar-refractivity contribution in [1.82, 2.24) is 4.90 Å². The fourth-order valence-electron chi connectivity index (χ4n) is 3.37. The average molecular weight is 330 g/mol. The number of nitrogens with zero attached hydrogens (tertiary/aromatic N) is 1. The zero-order valence-corrected chi connectivity index (χ0v) is 13.5. The van der Waals surface area contributed by atoms with Gasteiger partial charge in [0.05, 0.1) is 6.54 Å². The third kappa shape index (κ3) is 2.98. The van der Waals surface area contributed by atoms with Crippen molar-refractivity contribution in [2.75, 3.05) is 6.54 Å². The van der Waals surface area contributed by atoms with Gasteiger partial charge in [-0.1, -0.05) is 55.5 Å². The molecule has 0 unspecified atom stereocenters. The zero-order chi connectivity index (χ0) is 17.3. The Bertz CT molecular complexity index is 735. The van der Waals surface area contributed by atoms with E-state index in [0.717, 1.165) is 5.56 Å². The molecule has 2 aromatic rings. The summed E-state index contributed by atoms with van der Waals surface area (Å²) in [6, 6.07) is 13.3. The van der Waals surface area contributed by atoms with Crippen LogP contribution in [-0.4, -0.2) is 29.7 Å². The van der Waals surface area contributed by atoms with Gasteiger partial charge in [-0.3, -0.25) is 0 Å². The maximum absolute atomic E-state index is 14.9. The lowest BCUT2D eigenvalue weighted by molar-refractivity contribution is 0.195. The number of amides is 2. The molecule has 5 heteroatoms. The van der Waals surface area contributed by atoms with E-state index in [4.69, 9.17) is 5.73 Å². The molecule has 126 valence electrons. The molecule has 2 amide bonds. The standard InChI is InChI=1S/C19H20F2N2O/c1-12-16(20)11-23(19(22)24)17(12)10-14-8-5-9-15(18(14)21)13-6-3-2-4-7-13/h2-9,12,16-17H,10-11H2,1H3,(H2,22,24)/t12-,16-,17-/m0/s1. The van der Waals surface area contributed by atoms with Crippen LogP contribution in [0.3, 0.4) is 0 Å². The molecule has 2 N–H and O–H groups in total. The largest absolute Gasteiger partial charge is 0.351 e. The lowest BCUT2D eigenvalue weighted by atomic mass is 9.92. The van der Waals surface area contributed by atoms with Crippen molar-refractivity contribution >= 4 is 6.03 Å². The van der Waals surface area contributed by atoms with Crippen LogP contribution in [0.5, 0.6) is 0 Å². The summed E-state index contributed by atoms with van der Waals surface area (Å²) in [7, 11) is 0. The first-order chi connectivity index (χ1) is 11.5. The second kappa shape index (κ2) is 6.59. The molecule has 0 saturated carbocycles. The number of carbonyl (C=O) groups excluding carboxylic acids is 1. The van der Waals surface area contributed by atoms with Gasteiger partial charge < -0.3 is 10.6 Å². The highest BCUT2D eigenvalue weighted by atomic mass is 19.1. The Balaban J connectivity index is 1.92. The van der Waals surface area contributed by atoms with E-state index in [-0.39, 0.29) is 24.7 Å². The van der Waals surface area contributed by atoms with Crippen LogP contribution in [0.4, 0.5) is 13.6 Å². The average Bonchev–Trinajstić information content (AvgIpc) is 2.86. The monoisotopic (exact) mass is 330 g/mol. The summed E-state index contributed by atoms with van der Waals surface area (Å²) in [6.07, 6.45) is -0.889. The Morgan fingerprint density at radius 1 is 1.21 bits per heavy atom. The summed E-state index contributed by atoms with van der Waals surface area (Å²) in [5.41, 5.74) is 7.10. The van der Waals surface area contributed by atoms with Crippen LogP contribution < -0.4 is 5.73 Å². The van der Waals surface area contributed by atoms with E-state index >= 15 is 0 Å². The number of urea groups is 1. The van der Waals surface area contributed by atoms with Crippen LogP contribution in [0.15, 0.2) is 48.5 Å². The predicted octanol–water partition coefficient (Wildman–Crippen LogP) is 3.77. The number of halogens is 2. The third-order valence-corrected chi connectivity index (χ3v) is 4.82. The first-order valence-electron chi connectivity index (χ1n) is 8.02. The van der Waals surface area contributed by atoms with Crippen LogP contribution in [0.2, 0.25) is 0 Å². The van der Waals surface area contributed by atoms with E-state index in [2.05, 4.69) is 0 Å². The fourth-order valence-corrected chi connectivity index (χ4v) is 3.37. The Labute approximate surface area is 140 Å². The van der Waals surface area contributed by atoms with Gasteiger partial charge in [0.25, 0.3) is 0 Å². The van der Waals surface area contributed by atoms with Crippen molar-refractivity contribution in [2.24, 2.45) is 11.7 Å².